The average Bonchev–Trinajstić information content (AvgIpc) is 3.32. The van der Waals surface area contributed by atoms with Crippen LogP contribution in [-0.4, -0.2) is 41.8 Å². The maximum Gasteiger partial charge on any atom is 0.411 e. The molecule has 0 aliphatic carbocycles. The zero-order valence-corrected chi connectivity index (χ0v) is 39.7. The van der Waals surface area contributed by atoms with Gasteiger partial charge in [0, 0.05) is 0 Å². The normalized spacial score (nSPS) is 14.8. The number of alkyl halides is 12. The molecule has 0 radical (unpaired) electrons. The van der Waals surface area contributed by atoms with Gasteiger partial charge in [-0.15, -0.1) is 0 Å². The first-order valence-electron chi connectivity index (χ1n) is 22.8. The van der Waals surface area contributed by atoms with E-state index >= 15 is 26.3 Å². The molecule has 0 saturated carbocycles. The Morgan fingerprint density at radius 2 is 0.905 bits per heavy atom. The molecule has 394 valence electrons. The molecular formula is C55H47F13O6. The molecule has 6 rings (SSSR count). The van der Waals surface area contributed by atoms with Gasteiger partial charge in [-0.3, -0.25) is 9.59 Å². The van der Waals surface area contributed by atoms with Crippen molar-refractivity contribution in [1.82, 2.24) is 0 Å². The molecule has 1 N–H and O–H groups in total. The van der Waals surface area contributed by atoms with Crippen LogP contribution >= 0.6 is 0 Å². The number of hydrogen-bond acceptors (Lipinski definition) is 6. The Morgan fingerprint density at radius 3 is 1.31 bits per heavy atom. The van der Waals surface area contributed by atoms with Crippen molar-refractivity contribution >= 4 is 11.9 Å². The molecule has 0 aromatic heterocycles. The number of esters is 2. The lowest BCUT2D eigenvalue weighted by Gasteiger charge is -2.38. The summed E-state index contributed by atoms with van der Waals surface area (Å²) in [5.41, 5.74) is -14.4. The summed E-state index contributed by atoms with van der Waals surface area (Å²) >= 11 is 0. The van der Waals surface area contributed by atoms with Crippen LogP contribution in [0.1, 0.15) is 92.4 Å². The number of carbonyl (C=O) groups excluding carboxylic acids is 2. The average molecular weight is 1050 g/mol. The molecule has 0 bridgehead atoms. The zero-order chi connectivity index (χ0) is 54.7. The van der Waals surface area contributed by atoms with Crippen LogP contribution in [0.4, 0.5) is 57.1 Å². The van der Waals surface area contributed by atoms with Gasteiger partial charge in [-0.25, -0.2) is 4.39 Å². The van der Waals surface area contributed by atoms with E-state index in [1.807, 2.05) is 0 Å². The summed E-state index contributed by atoms with van der Waals surface area (Å²) in [4.78, 5) is 27.5. The van der Waals surface area contributed by atoms with Gasteiger partial charge < -0.3 is 19.3 Å². The van der Waals surface area contributed by atoms with Crippen molar-refractivity contribution < 1.29 is 86.0 Å². The third-order valence-corrected chi connectivity index (χ3v) is 13.2. The van der Waals surface area contributed by atoms with Gasteiger partial charge >= 0.3 is 36.6 Å². The van der Waals surface area contributed by atoms with Gasteiger partial charge in [-0.05, 0) is 133 Å². The van der Waals surface area contributed by atoms with E-state index in [9.17, 15) is 45.4 Å². The molecule has 6 aromatic rings. The molecule has 0 saturated heterocycles. The number of rotatable bonds is 17. The molecule has 0 spiro atoms. The number of hydrogen-bond donors (Lipinski definition) is 1. The number of aromatic hydroxyl groups is 1. The Morgan fingerprint density at radius 1 is 0.514 bits per heavy atom. The van der Waals surface area contributed by atoms with Crippen LogP contribution in [0.5, 0.6) is 23.0 Å². The van der Waals surface area contributed by atoms with Gasteiger partial charge in [0.1, 0.15) is 34.9 Å². The Bertz CT molecular complexity index is 2800. The van der Waals surface area contributed by atoms with E-state index in [1.54, 1.807) is 44.2 Å². The fraction of sp³-hybridized carbons (Fsp3) is 0.309. The van der Waals surface area contributed by atoms with Crippen LogP contribution in [0.25, 0.3) is 0 Å². The Balaban J connectivity index is 1.21. The Labute approximate surface area is 416 Å². The van der Waals surface area contributed by atoms with Gasteiger partial charge in [0.05, 0.1) is 11.3 Å². The molecule has 4 atom stereocenters. The van der Waals surface area contributed by atoms with E-state index in [1.165, 1.54) is 26.0 Å². The zero-order valence-electron chi connectivity index (χ0n) is 39.7. The van der Waals surface area contributed by atoms with E-state index in [4.69, 9.17) is 14.2 Å². The monoisotopic (exact) mass is 1050 g/mol. The lowest BCUT2D eigenvalue weighted by atomic mass is 9.73. The summed E-state index contributed by atoms with van der Waals surface area (Å²) in [5, 5.41) is 9.59. The van der Waals surface area contributed by atoms with Crippen molar-refractivity contribution in [1.29, 1.82) is 0 Å². The molecule has 4 unspecified atom stereocenters. The predicted octanol–water partition coefficient (Wildman–Crippen LogP) is 15.6. The van der Waals surface area contributed by atoms with E-state index < -0.39 is 116 Å². The maximum atomic E-state index is 15.0. The van der Waals surface area contributed by atoms with Crippen LogP contribution in [0.3, 0.4) is 0 Å². The Hall–Kier alpha value is -7.05. The summed E-state index contributed by atoms with van der Waals surface area (Å²) < 4.78 is 209. The van der Waals surface area contributed by atoms with Crippen molar-refractivity contribution in [3.63, 3.8) is 0 Å². The van der Waals surface area contributed by atoms with E-state index in [0.717, 1.165) is 48.5 Å². The van der Waals surface area contributed by atoms with Gasteiger partial charge in [-0.2, -0.15) is 52.7 Å². The van der Waals surface area contributed by atoms with E-state index in [-0.39, 0.29) is 25.0 Å². The summed E-state index contributed by atoms with van der Waals surface area (Å²) in [5.74, 6) is -5.96. The number of phenolic OH excluding ortho intramolecular Hbond substituents is 1. The molecule has 0 heterocycles. The van der Waals surface area contributed by atoms with Crippen molar-refractivity contribution in [3.8, 4) is 23.0 Å². The first-order valence-corrected chi connectivity index (χ1v) is 22.8. The molecule has 19 heteroatoms. The second-order valence-electron chi connectivity index (χ2n) is 18.1. The van der Waals surface area contributed by atoms with Crippen LogP contribution in [0, 0.1) is 17.2 Å². The van der Waals surface area contributed by atoms with Gasteiger partial charge in [0.15, 0.2) is 0 Å². The number of carbonyl (C=O) groups is 2. The molecule has 0 amide bonds. The summed E-state index contributed by atoms with van der Waals surface area (Å²) in [6.45, 7) is 6.07. The molecular weight excluding hydrogens is 1000 g/mol. The first-order chi connectivity index (χ1) is 34.5. The quantitative estimate of drug-likeness (QED) is 0.0557. The lowest BCUT2D eigenvalue weighted by molar-refractivity contribution is -0.290. The van der Waals surface area contributed by atoms with E-state index in [2.05, 4.69) is 0 Å². The third-order valence-electron chi connectivity index (χ3n) is 13.2. The van der Waals surface area contributed by atoms with Crippen LogP contribution in [0.15, 0.2) is 152 Å². The molecule has 74 heavy (non-hydrogen) atoms. The summed E-state index contributed by atoms with van der Waals surface area (Å²) in [6.07, 6.45) is -24.7. The van der Waals surface area contributed by atoms with E-state index in [0.29, 0.717) is 71.8 Å². The fourth-order valence-corrected chi connectivity index (χ4v) is 8.96. The highest BCUT2D eigenvalue weighted by atomic mass is 19.4. The summed E-state index contributed by atoms with van der Waals surface area (Å²) in [6, 6.07) is 24.5. The van der Waals surface area contributed by atoms with Crippen molar-refractivity contribution in [2.75, 3.05) is 0 Å². The number of halogens is 13. The van der Waals surface area contributed by atoms with Crippen molar-refractivity contribution in [2.24, 2.45) is 11.3 Å². The number of benzene rings is 6. The Kier molecular flexibility index (Phi) is 16.3. The van der Waals surface area contributed by atoms with Crippen molar-refractivity contribution in [2.45, 2.75) is 94.5 Å². The summed E-state index contributed by atoms with van der Waals surface area (Å²) in [7, 11) is 0. The molecule has 0 fully saturated rings. The molecule has 6 aromatic carbocycles. The highest BCUT2D eigenvalue weighted by molar-refractivity contribution is 5.79. The second kappa shape index (κ2) is 21.4. The smallest absolute Gasteiger partial charge is 0.411 e. The highest BCUT2D eigenvalue weighted by Crippen LogP contribution is 2.58. The predicted molar refractivity (Wildman–Crippen MR) is 246 cm³/mol. The van der Waals surface area contributed by atoms with Crippen LogP contribution in [-0.2, 0) is 20.4 Å². The number of phenols is 1. The SMILES string of the molecule is CCC(C)(CC(CC(C)C(=O)Oc1ccc(C(c2ccc(OC(C)c3ccccc3)cc2)(C(F)(F)F)C(F)(F)F)cc1)c1ccc(F)cc1)C(=O)Oc1ccc(C(c2ccc(O)cc2)(C(F)(F)F)C(F)(F)F)cc1. The topological polar surface area (TPSA) is 82.1 Å². The van der Waals surface area contributed by atoms with Gasteiger partial charge in [0.2, 0.25) is 10.8 Å². The standard InChI is InChI=1S/C55H47F13O6/c1-5-49(4,48(71)74-46-29-19-41(20-30-46)50(52(57,58)59,53(60,61)62)38-13-23-43(69)24-14-38)32-37(36-11-21-42(56)22-12-36)31-33(2)47(70)73-45-27-17-40(18-28-45)51(54(63,64)65,55(66,67)68)39-15-25-44(26-16-39)72-34(3)35-9-7-6-8-10-35/h6-30,33-34,37,69H,5,31-32H2,1-4H3. The number of ether oxygens (including phenoxy) is 3. The lowest BCUT2D eigenvalue weighted by Crippen LogP contribution is -2.54. The minimum absolute atomic E-state index is 0.00661. The third kappa shape index (κ3) is 11.4. The molecule has 0 aliphatic heterocycles. The highest BCUT2D eigenvalue weighted by Gasteiger charge is 2.73. The molecule has 0 aliphatic rings. The van der Waals surface area contributed by atoms with Gasteiger partial charge in [0.25, 0.3) is 0 Å². The van der Waals surface area contributed by atoms with Crippen LogP contribution < -0.4 is 14.2 Å². The minimum Gasteiger partial charge on any atom is -0.508 e. The van der Waals surface area contributed by atoms with Crippen molar-refractivity contribution in [3.05, 3.63) is 191 Å². The minimum atomic E-state index is -5.95. The molecule has 6 nitrogen and oxygen atoms in total. The largest absolute Gasteiger partial charge is 0.508 e. The second-order valence-corrected chi connectivity index (χ2v) is 18.1. The van der Waals surface area contributed by atoms with Gasteiger partial charge in [-0.1, -0.05) is 105 Å². The fourth-order valence-electron chi connectivity index (χ4n) is 8.96. The maximum absolute atomic E-state index is 15.0. The first kappa shape index (κ1) is 56.2. The van der Waals surface area contributed by atoms with Crippen LogP contribution in [0.2, 0.25) is 0 Å².